The summed E-state index contributed by atoms with van der Waals surface area (Å²) in [6.07, 6.45) is 1.45. The van der Waals surface area contributed by atoms with Crippen molar-refractivity contribution in [1.29, 1.82) is 0 Å². The van der Waals surface area contributed by atoms with Crippen LogP contribution in [0.3, 0.4) is 0 Å². The van der Waals surface area contributed by atoms with E-state index in [0.29, 0.717) is 5.82 Å². The Morgan fingerprint density at radius 1 is 1.33 bits per heavy atom. The largest absolute Gasteiger partial charge is 0.383 e. The van der Waals surface area contributed by atoms with E-state index in [1.165, 1.54) is 6.33 Å². The Morgan fingerprint density at radius 2 is 2.11 bits per heavy atom. The van der Waals surface area contributed by atoms with Crippen LogP contribution in [0.2, 0.25) is 5.02 Å². The third-order valence-corrected chi connectivity index (χ3v) is 3.06. The first-order chi connectivity index (χ1) is 8.58. The summed E-state index contributed by atoms with van der Waals surface area (Å²) >= 11 is 5.97. The number of nitrogens with one attached hydrogen (secondary N) is 1. The second kappa shape index (κ2) is 5.23. The molecular formula is C13H15ClN4. The third kappa shape index (κ3) is 2.71. The SMILES string of the molecule is Cc1c(N)ncnc1NC(C)c1cccc(Cl)c1. The molecule has 94 valence electrons. The summed E-state index contributed by atoms with van der Waals surface area (Å²) in [6.45, 7) is 3.94. The van der Waals surface area contributed by atoms with Crippen molar-refractivity contribution < 1.29 is 0 Å². The molecule has 0 spiro atoms. The van der Waals surface area contributed by atoms with E-state index in [1.807, 2.05) is 38.1 Å². The minimum Gasteiger partial charge on any atom is -0.383 e. The van der Waals surface area contributed by atoms with E-state index < -0.39 is 0 Å². The van der Waals surface area contributed by atoms with Crippen LogP contribution in [-0.2, 0) is 0 Å². The minimum absolute atomic E-state index is 0.0942. The lowest BCUT2D eigenvalue weighted by molar-refractivity contribution is 0.869. The summed E-state index contributed by atoms with van der Waals surface area (Å²) in [6, 6.07) is 7.82. The Balaban J connectivity index is 2.21. The van der Waals surface area contributed by atoms with Crippen LogP contribution in [0, 0.1) is 6.92 Å². The molecule has 1 unspecified atom stereocenters. The molecule has 0 aliphatic carbocycles. The Kier molecular flexibility index (Phi) is 3.67. The van der Waals surface area contributed by atoms with E-state index in [4.69, 9.17) is 17.3 Å². The molecule has 0 bridgehead atoms. The Morgan fingerprint density at radius 3 is 2.83 bits per heavy atom. The van der Waals surface area contributed by atoms with Gasteiger partial charge >= 0.3 is 0 Å². The summed E-state index contributed by atoms with van der Waals surface area (Å²) < 4.78 is 0. The highest BCUT2D eigenvalue weighted by Gasteiger charge is 2.09. The smallest absolute Gasteiger partial charge is 0.134 e. The molecule has 0 saturated heterocycles. The van der Waals surface area contributed by atoms with E-state index >= 15 is 0 Å². The molecule has 5 heteroatoms. The molecule has 2 rings (SSSR count). The molecular weight excluding hydrogens is 248 g/mol. The minimum atomic E-state index is 0.0942. The number of aromatic nitrogens is 2. The van der Waals surface area contributed by atoms with Crippen LogP contribution in [0.5, 0.6) is 0 Å². The van der Waals surface area contributed by atoms with Gasteiger partial charge in [0.2, 0.25) is 0 Å². The van der Waals surface area contributed by atoms with Crippen molar-refractivity contribution in [3.05, 3.63) is 46.7 Å². The molecule has 1 heterocycles. The van der Waals surface area contributed by atoms with E-state index in [9.17, 15) is 0 Å². The summed E-state index contributed by atoms with van der Waals surface area (Å²) in [4.78, 5) is 8.13. The number of nitrogen functional groups attached to an aromatic ring is 1. The Bertz CT molecular complexity index is 556. The molecule has 18 heavy (non-hydrogen) atoms. The lowest BCUT2D eigenvalue weighted by atomic mass is 10.1. The van der Waals surface area contributed by atoms with E-state index in [2.05, 4.69) is 15.3 Å². The molecule has 0 radical (unpaired) electrons. The van der Waals surface area contributed by atoms with Crippen molar-refractivity contribution in [2.45, 2.75) is 19.9 Å². The predicted octanol–water partition coefficient (Wildman–Crippen LogP) is 3.19. The zero-order chi connectivity index (χ0) is 13.1. The first-order valence-electron chi connectivity index (χ1n) is 5.67. The number of nitrogens with zero attached hydrogens (tertiary/aromatic N) is 2. The molecule has 4 nitrogen and oxygen atoms in total. The van der Waals surface area contributed by atoms with Gasteiger partial charge in [0.1, 0.15) is 18.0 Å². The molecule has 0 aliphatic heterocycles. The zero-order valence-corrected chi connectivity index (χ0v) is 11.1. The number of hydrogen-bond donors (Lipinski definition) is 2. The molecule has 0 aliphatic rings. The molecule has 0 saturated carbocycles. The molecule has 0 fully saturated rings. The molecule has 0 amide bonds. The van der Waals surface area contributed by atoms with Gasteiger partial charge in [-0.15, -0.1) is 0 Å². The van der Waals surface area contributed by atoms with Crippen LogP contribution in [0.4, 0.5) is 11.6 Å². The van der Waals surface area contributed by atoms with Gasteiger partial charge in [-0.05, 0) is 31.5 Å². The van der Waals surface area contributed by atoms with Crippen molar-refractivity contribution in [3.8, 4) is 0 Å². The number of anilines is 2. The van der Waals surface area contributed by atoms with E-state index in [0.717, 1.165) is 22.0 Å². The van der Waals surface area contributed by atoms with Crippen LogP contribution in [0.15, 0.2) is 30.6 Å². The van der Waals surface area contributed by atoms with Gasteiger partial charge in [-0.25, -0.2) is 9.97 Å². The van der Waals surface area contributed by atoms with Gasteiger partial charge in [0.15, 0.2) is 0 Å². The van der Waals surface area contributed by atoms with Gasteiger partial charge in [0.05, 0.1) is 6.04 Å². The lowest BCUT2D eigenvalue weighted by Crippen LogP contribution is -2.10. The highest BCUT2D eigenvalue weighted by Crippen LogP contribution is 2.23. The molecule has 2 aromatic rings. The van der Waals surface area contributed by atoms with Gasteiger partial charge in [0, 0.05) is 10.6 Å². The molecule has 1 atom stereocenters. The molecule has 1 aromatic heterocycles. The number of hydrogen-bond acceptors (Lipinski definition) is 4. The summed E-state index contributed by atoms with van der Waals surface area (Å²) in [5.41, 5.74) is 7.70. The van der Waals surface area contributed by atoms with Crippen molar-refractivity contribution in [1.82, 2.24) is 9.97 Å². The molecule has 3 N–H and O–H groups in total. The second-order valence-corrected chi connectivity index (χ2v) is 4.59. The fourth-order valence-corrected chi connectivity index (χ4v) is 1.87. The maximum atomic E-state index is 5.97. The fourth-order valence-electron chi connectivity index (χ4n) is 1.67. The topological polar surface area (TPSA) is 63.8 Å². The highest BCUT2D eigenvalue weighted by molar-refractivity contribution is 6.30. The first kappa shape index (κ1) is 12.6. The van der Waals surface area contributed by atoms with Crippen LogP contribution in [0.1, 0.15) is 24.1 Å². The van der Waals surface area contributed by atoms with Gasteiger partial charge in [0.25, 0.3) is 0 Å². The average Bonchev–Trinajstić information content (AvgIpc) is 2.35. The number of benzene rings is 1. The van der Waals surface area contributed by atoms with Gasteiger partial charge < -0.3 is 11.1 Å². The van der Waals surface area contributed by atoms with Crippen molar-refractivity contribution in [3.63, 3.8) is 0 Å². The van der Waals surface area contributed by atoms with Crippen molar-refractivity contribution in [2.24, 2.45) is 0 Å². The normalized spacial score (nSPS) is 12.2. The summed E-state index contributed by atoms with van der Waals surface area (Å²) in [7, 11) is 0. The van der Waals surface area contributed by atoms with Crippen LogP contribution in [0.25, 0.3) is 0 Å². The Hall–Kier alpha value is -1.81. The monoisotopic (exact) mass is 262 g/mol. The average molecular weight is 263 g/mol. The van der Waals surface area contributed by atoms with E-state index in [1.54, 1.807) is 0 Å². The molecule has 1 aromatic carbocycles. The number of rotatable bonds is 3. The van der Waals surface area contributed by atoms with E-state index in [-0.39, 0.29) is 6.04 Å². The van der Waals surface area contributed by atoms with Gasteiger partial charge in [-0.2, -0.15) is 0 Å². The summed E-state index contributed by atoms with van der Waals surface area (Å²) in [5.74, 6) is 1.24. The maximum Gasteiger partial charge on any atom is 0.134 e. The predicted molar refractivity (Wildman–Crippen MR) is 74.7 cm³/mol. The van der Waals surface area contributed by atoms with Gasteiger partial charge in [-0.3, -0.25) is 0 Å². The van der Waals surface area contributed by atoms with Crippen LogP contribution in [-0.4, -0.2) is 9.97 Å². The lowest BCUT2D eigenvalue weighted by Gasteiger charge is -2.17. The quantitative estimate of drug-likeness (QED) is 0.892. The highest BCUT2D eigenvalue weighted by atomic mass is 35.5. The van der Waals surface area contributed by atoms with Crippen LogP contribution < -0.4 is 11.1 Å². The summed E-state index contributed by atoms with van der Waals surface area (Å²) in [5, 5.41) is 4.03. The van der Waals surface area contributed by atoms with Gasteiger partial charge in [-0.1, -0.05) is 23.7 Å². The number of nitrogens with two attached hydrogens (primary N) is 1. The standard InChI is InChI=1S/C13H15ClN4/c1-8-12(15)16-7-17-13(8)18-9(2)10-4-3-5-11(14)6-10/h3-7,9H,1-2H3,(H3,15,16,17,18). The van der Waals surface area contributed by atoms with Crippen molar-refractivity contribution >= 4 is 23.2 Å². The second-order valence-electron chi connectivity index (χ2n) is 4.15. The third-order valence-electron chi connectivity index (χ3n) is 2.82. The van der Waals surface area contributed by atoms with Crippen LogP contribution >= 0.6 is 11.6 Å². The number of halogens is 1. The zero-order valence-electron chi connectivity index (χ0n) is 10.3. The Labute approximate surface area is 111 Å². The van der Waals surface area contributed by atoms with Crippen molar-refractivity contribution in [2.75, 3.05) is 11.1 Å². The fraction of sp³-hybridized carbons (Fsp3) is 0.231. The maximum absolute atomic E-state index is 5.97. The first-order valence-corrected chi connectivity index (χ1v) is 6.05.